The van der Waals surface area contributed by atoms with Crippen molar-refractivity contribution in [2.75, 3.05) is 6.54 Å². The molecule has 0 N–H and O–H groups in total. The molecule has 1 heterocycles. The minimum absolute atomic E-state index is 0.0181. The molecule has 0 fully saturated rings. The van der Waals surface area contributed by atoms with E-state index in [-0.39, 0.29) is 12.1 Å². The lowest BCUT2D eigenvalue weighted by Gasteiger charge is -2.28. The van der Waals surface area contributed by atoms with Gasteiger partial charge in [-0.3, -0.25) is 4.90 Å². The highest BCUT2D eigenvalue weighted by Gasteiger charge is 2.29. The first-order valence-electron chi connectivity index (χ1n) is 6.60. The van der Waals surface area contributed by atoms with Gasteiger partial charge in [-0.2, -0.15) is 0 Å². The number of hydrogen-bond donors (Lipinski definition) is 0. The molecular weight excluding hydrogens is 238 g/mol. The fourth-order valence-corrected chi connectivity index (χ4v) is 2.08. The Bertz CT molecular complexity index is 482. The Labute approximate surface area is 114 Å². The summed E-state index contributed by atoms with van der Waals surface area (Å²) in [6.07, 6.45) is 3.80. The van der Waals surface area contributed by atoms with Crippen LogP contribution < -0.4 is 0 Å². The summed E-state index contributed by atoms with van der Waals surface area (Å²) in [4.78, 5) is 13.9. The maximum absolute atomic E-state index is 12.2. The minimum atomic E-state index is -0.461. The van der Waals surface area contributed by atoms with E-state index in [1.54, 1.807) is 4.90 Å². The minimum Gasteiger partial charge on any atom is -0.444 e. The van der Waals surface area contributed by atoms with Crippen molar-refractivity contribution in [3.05, 3.63) is 47.5 Å². The van der Waals surface area contributed by atoms with Gasteiger partial charge in [-0.25, -0.2) is 4.79 Å². The third-order valence-corrected chi connectivity index (χ3v) is 3.00. The Morgan fingerprint density at radius 2 is 1.89 bits per heavy atom. The molecule has 1 aliphatic heterocycles. The van der Waals surface area contributed by atoms with Crippen molar-refractivity contribution in [1.82, 2.24) is 4.90 Å². The fourth-order valence-electron chi connectivity index (χ4n) is 2.08. The lowest BCUT2D eigenvalue weighted by molar-refractivity contribution is 0.0240. The Hall–Kier alpha value is -1.77. The number of hydrogen-bond acceptors (Lipinski definition) is 2. The van der Waals surface area contributed by atoms with Crippen LogP contribution in [-0.4, -0.2) is 23.1 Å². The average Bonchev–Trinajstić information content (AvgIpc) is 2.76. The highest BCUT2D eigenvalue weighted by molar-refractivity contribution is 5.70. The molecule has 19 heavy (non-hydrogen) atoms. The molecule has 0 radical (unpaired) electrons. The Morgan fingerprint density at radius 1 is 1.26 bits per heavy atom. The number of ether oxygens (including phenoxy) is 1. The number of nitrogens with zero attached hydrogens (tertiary/aromatic N) is 1. The van der Waals surface area contributed by atoms with E-state index >= 15 is 0 Å². The summed E-state index contributed by atoms with van der Waals surface area (Å²) >= 11 is 0. The van der Waals surface area contributed by atoms with Gasteiger partial charge in [-0.05, 0) is 33.3 Å². The van der Waals surface area contributed by atoms with Gasteiger partial charge in [-0.15, -0.1) is 0 Å². The van der Waals surface area contributed by atoms with Crippen molar-refractivity contribution in [3.8, 4) is 0 Å². The van der Waals surface area contributed by atoms with Crippen molar-refractivity contribution in [2.24, 2.45) is 0 Å². The van der Waals surface area contributed by atoms with Gasteiger partial charge < -0.3 is 4.74 Å². The predicted molar refractivity (Wildman–Crippen MR) is 76.0 cm³/mol. The zero-order valence-corrected chi connectivity index (χ0v) is 12.0. The standard InChI is InChI=1S/C16H21NO2/c1-12-7-9-13(10-8-12)14-6-5-11-17(14)15(18)19-16(2,3)4/h5-10,14H,11H2,1-4H3/t14-/m0/s1. The highest BCUT2D eigenvalue weighted by atomic mass is 16.6. The summed E-state index contributed by atoms with van der Waals surface area (Å²) in [5.41, 5.74) is 1.87. The normalized spacial score (nSPS) is 18.7. The molecule has 1 atom stereocenters. The smallest absolute Gasteiger partial charge is 0.411 e. The highest BCUT2D eigenvalue weighted by Crippen LogP contribution is 2.28. The zero-order chi connectivity index (χ0) is 14.0. The molecule has 3 nitrogen and oxygen atoms in total. The molecule has 1 aliphatic rings. The second kappa shape index (κ2) is 5.08. The van der Waals surface area contributed by atoms with Crippen molar-refractivity contribution < 1.29 is 9.53 Å². The Balaban J connectivity index is 2.14. The van der Waals surface area contributed by atoms with Crippen molar-refractivity contribution in [2.45, 2.75) is 39.3 Å². The number of aryl methyl sites for hydroxylation is 1. The SMILES string of the molecule is Cc1ccc([C@@H]2C=CCN2C(=O)OC(C)(C)C)cc1. The quantitative estimate of drug-likeness (QED) is 0.717. The number of benzene rings is 1. The van der Waals surface area contributed by atoms with Crippen LogP contribution in [0.2, 0.25) is 0 Å². The van der Waals surface area contributed by atoms with Gasteiger partial charge in [0.05, 0.1) is 6.04 Å². The number of rotatable bonds is 1. The number of carbonyl (C=O) groups excluding carboxylic acids is 1. The molecule has 0 aliphatic carbocycles. The monoisotopic (exact) mass is 259 g/mol. The van der Waals surface area contributed by atoms with Crippen LogP contribution in [0.25, 0.3) is 0 Å². The first-order chi connectivity index (χ1) is 8.87. The molecule has 3 heteroatoms. The zero-order valence-electron chi connectivity index (χ0n) is 12.0. The average molecular weight is 259 g/mol. The van der Waals surface area contributed by atoms with Gasteiger partial charge in [0.1, 0.15) is 5.60 Å². The van der Waals surface area contributed by atoms with Crippen LogP contribution in [0.1, 0.15) is 37.9 Å². The van der Waals surface area contributed by atoms with Crippen LogP contribution >= 0.6 is 0 Å². The first-order valence-corrected chi connectivity index (χ1v) is 6.60. The van der Waals surface area contributed by atoms with Crippen molar-refractivity contribution in [3.63, 3.8) is 0 Å². The third-order valence-electron chi connectivity index (χ3n) is 3.00. The molecule has 1 aromatic rings. The summed E-state index contributed by atoms with van der Waals surface area (Å²) in [5, 5.41) is 0. The molecule has 0 saturated heterocycles. The summed E-state index contributed by atoms with van der Waals surface area (Å²) < 4.78 is 5.44. The molecule has 0 aromatic heterocycles. The van der Waals surface area contributed by atoms with Crippen LogP contribution in [0.4, 0.5) is 4.79 Å². The second-order valence-corrected chi connectivity index (χ2v) is 5.92. The van der Waals surface area contributed by atoms with E-state index in [9.17, 15) is 4.79 Å². The Kier molecular flexibility index (Phi) is 3.65. The molecule has 102 valence electrons. The molecule has 1 amide bonds. The molecule has 0 saturated carbocycles. The summed E-state index contributed by atoms with van der Waals surface area (Å²) in [6.45, 7) is 8.31. The lowest BCUT2D eigenvalue weighted by Crippen LogP contribution is -2.36. The predicted octanol–water partition coefficient (Wildman–Crippen LogP) is 3.84. The first kappa shape index (κ1) is 13.7. The van der Waals surface area contributed by atoms with E-state index < -0.39 is 5.60 Å². The fraction of sp³-hybridized carbons (Fsp3) is 0.438. The van der Waals surface area contributed by atoms with Crippen LogP contribution in [-0.2, 0) is 4.74 Å². The maximum Gasteiger partial charge on any atom is 0.411 e. The van der Waals surface area contributed by atoms with E-state index in [0.717, 1.165) is 5.56 Å². The summed E-state index contributed by atoms with van der Waals surface area (Å²) in [5.74, 6) is 0. The summed E-state index contributed by atoms with van der Waals surface area (Å²) in [6, 6.07) is 8.24. The molecule has 0 bridgehead atoms. The largest absolute Gasteiger partial charge is 0.444 e. The number of carbonyl (C=O) groups is 1. The molecular formula is C16H21NO2. The molecule has 0 unspecified atom stereocenters. The van der Waals surface area contributed by atoms with Crippen LogP contribution in [0.5, 0.6) is 0 Å². The maximum atomic E-state index is 12.2. The second-order valence-electron chi connectivity index (χ2n) is 5.92. The third kappa shape index (κ3) is 3.37. The molecule has 2 rings (SSSR count). The molecule has 0 spiro atoms. The Morgan fingerprint density at radius 3 is 2.47 bits per heavy atom. The van der Waals surface area contributed by atoms with Gasteiger partial charge in [0, 0.05) is 6.54 Å². The van der Waals surface area contributed by atoms with E-state index in [0.29, 0.717) is 6.54 Å². The molecule has 1 aromatic carbocycles. The van der Waals surface area contributed by atoms with Crippen LogP contribution in [0, 0.1) is 6.92 Å². The van der Waals surface area contributed by atoms with E-state index in [1.807, 2.05) is 26.8 Å². The van der Waals surface area contributed by atoms with Gasteiger partial charge in [0.25, 0.3) is 0 Å². The number of amides is 1. The van der Waals surface area contributed by atoms with Crippen LogP contribution in [0.15, 0.2) is 36.4 Å². The van der Waals surface area contributed by atoms with Gasteiger partial charge in [0.15, 0.2) is 0 Å². The topological polar surface area (TPSA) is 29.5 Å². The van der Waals surface area contributed by atoms with E-state index in [2.05, 4.69) is 37.3 Å². The summed E-state index contributed by atoms with van der Waals surface area (Å²) in [7, 11) is 0. The van der Waals surface area contributed by atoms with Gasteiger partial charge in [-0.1, -0.05) is 42.0 Å². The van der Waals surface area contributed by atoms with Crippen molar-refractivity contribution in [1.29, 1.82) is 0 Å². The lowest BCUT2D eigenvalue weighted by atomic mass is 10.1. The van der Waals surface area contributed by atoms with Gasteiger partial charge in [0.2, 0.25) is 0 Å². The van der Waals surface area contributed by atoms with E-state index in [1.165, 1.54) is 5.56 Å². The van der Waals surface area contributed by atoms with Crippen molar-refractivity contribution >= 4 is 6.09 Å². The van der Waals surface area contributed by atoms with E-state index in [4.69, 9.17) is 4.74 Å². The van der Waals surface area contributed by atoms with Crippen LogP contribution in [0.3, 0.4) is 0 Å². The van der Waals surface area contributed by atoms with Gasteiger partial charge >= 0.3 is 6.09 Å².